The minimum Gasteiger partial charge on any atom is -0.491 e. The summed E-state index contributed by atoms with van der Waals surface area (Å²) in [4.78, 5) is 28.5. The van der Waals surface area contributed by atoms with E-state index < -0.39 is 0 Å². The van der Waals surface area contributed by atoms with E-state index in [-0.39, 0.29) is 30.4 Å². The van der Waals surface area contributed by atoms with Crippen LogP contribution in [0.3, 0.4) is 0 Å². The molecule has 2 aromatic rings. The molecule has 0 unspecified atom stereocenters. The van der Waals surface area contributed by atoms with E-state index in [1.165, 1.54) is 24.3 Å². The maximum Gasteiger partial charge on any atom is 0.317 e. The second kappa shape index (κ2) is 10.8. The Labute approximate surface area is 182 Å². The number of piperazine rings is 1. The SMILES string of the molecule is CC(C)Oc1ccccc1CNC(=O)N1CCN(CC(=O)Nc2ccc(F)cc2)CC1. The van der Waals surface area contributed by atoms with Crippen LogP contribution in [0.2, 0.25) is 0 Å². The summed E-state index contributed by atoms with van der Waals surface area (Å²) >= 11 is 0. The molecule has 2 N–H and O–H groups in total. The summed E-state index contributed by atoms with van der Waals surface area (Å²) in [6.45, 7) is 6.85. The van der Waals surface area contributed by atoms with Crippen molar-refractivity contribution in [3.8, 4) is 5.75 Å². The van der Waals surface area contributed by atoms with E-state index >= 15 is 0 Å². The highest BCUT2D eigenvalue weighted by molar-refractivity contribution is 5.92. The minimum absolute atomic E-state index is 0.0604. The van der Waals surface area contributed by atoms with Gasteiger partial charge in [-0.2, -0.15) is 0 Å². The van der Waals surface area contributed by atoms with E-state index in [4.69, 9.17) is 4.74 Å². The summed E-state index contributed by atoms with van der Waals surface area (Å²) < 4.78 is 18.7. The molecule has 0 aliphatic carbocycles. The summed E-state index contributed by atoms with van der Waals surface area (Å²) in [5.74, 6) is 0.268. The number of hydrogen-bond donors (Lipinski definition) is 2. The van der Waals surface area contributed by atoms with Gasteiger partial charge in [0.15, 0.2) is 0 Å². The quantitative estimate of drug-likeness (QED) is 0.711. The second-order valence-electron chi connectivity index (χ2n) is 7.75. The summed E-state index contributed by atoms with van der Waals surface area (Å²) in [6.07, 6.45) is 0.0604. The number of carbonyl (C=O) groups excluding carboxylic acids is 2. The number of halogens is 1. The molecule has 166 valence electrons. The predicted octanol–water partition coefficient (Wildman–Crippen LogP) is 3.08. The summed E-state index contributed by atoms with van der Waals surface area (Å²) in [7, 11) is 0. The van der Waals surface area contributed by atoms with Gasteiger partial charge in [0.25, 0.3) is 0 Å². The van der Waals surface area contributed by atoms with Gasteiger partial charge in [-0.1, -0.05) is 18.2 Å². The van der Waals surface area contributed by atoms with Crippen molar-refractivity contribution in [2.75, 3.05) is 38.0 Å². The van der Waals surface area contributed by atoms with Gasteiger partial charge in [0.1, 0.15) is 11.6 Å². The average molecular weight is 429 g/mol. The molecule has 3 rings (SSSR count). The largest absolute Gasteiger partial charge is 0.491 e. The van der Waals surface area contributed by atoms with Crippen molar-refractivity contribution < 1.29 is 18.7 Å². The summed E-state index contributed by atoms with van der Waals surface area (Å²) in [6, 6.07) is 13.2. The van der Waals surface area contributed by atoms with Crippen LogP contribution in [-0.4, -0.2) is 60.6 Å². The van der Waals surface area contributed by atoms with Crippen molar-refractivity contribution in [3.63, 3.8) is 0 Å². The number of para-hydroxylation sites is 1. The van der Waals surface area contributed by atoms with Crippen LogP contribution in [0.5, 0.6) is 5.75 Å². The molecular formula is C23H29FN4O3. The highest BCUT2D eigenvalue weighted by atomic mass is 19.1. The van der Waals surface area contributed by atoms with Gasteiger partial charge in [0.05, 0.1) is 12.6 Å². The molecule has 0 saturated carbocycles. The molecule has 1 saturated heterocycles. The maximum absolute atomic E-state index is 13.0. The first-order chi connectivity index (χ1) is 14.9. The molecule has 0 radical (unpaired) electrons. The van der Waals surface area contributed by atoms with Crippen LogP contribution >= 0.6 is 0 Å². The number of nitrogens with one attached hydrogen (secondary N) is 2. The number of nitrogens with zero attached hydrogens (tertiary/aromatic N) is 2. The Morgan fingerprint density at radius 1 is 1.03 bits per heavy atom. The fourth-order valence-corrected chi connectivity index (χ4v) is 3.35. The molecule has 0 spiro atoms. The van der Waals surface area contributed by atoms with Crippen LogP contribution in [0, 0.1) is 5.82 Å². The number of rotatable bonds is 7. The molecule has 1 aliphatic rings. The van der Waals surface area contributed by atoms with Crippen LogP contribution in [0.25, 0.3) is 0 Å². The third kappa shape index (κ3) is 6.96. The van der Waals surface area contributed by atoms with Gasteiger partial charge in [-0.05, 0) is 44.2 Å². The lowest BCUT2D eigenvalue weighted by molar-refractivity contribution is -0.117. The monoisotopic (exact) mass is 428 g/mol. The fourth-order valence-electron chi connectivity index (χ4n) is 3.35. The van der Waals surface area contributed by atoms with E-state index in [0.29, 0.717) is 38.4 Å². The Bertz CT molecular complexity index is 881. The number of carbonyl (C=O) groups is 2. The zero-order valence-electron chi connectivity index (χ0n) is 17.9. The molecule has 7 nitrogen and oxygen atoms in total. The molecule has 1 heterocycles. The Kier molecular flexibility index (Phi) is 7.83. The van der Waals surface area contributed by atoms with E-state index in [1.54, 1.807) is 4.90 Å². The summed E-state index contributed by atoms with van der Waals surface area (Å²) in [5, 5.41) is 5.71. The highest BCUT2D eigenvalue weighted by Gasteiger charge is 2.22. The Morgan fingerprint density at radius 2 is 1.71 bits per heavy atom. The first-order valence-corrected chi connectivity index (χ1v) is 10.5. The van der Waals surface area contributed by atoms with E-state index in [2.05, 4.69) is 10.6 Å². The first-order valence-electron chi connectivity index (χ1n) is 10.5. The number of urea groups is 1. The molecule has 0 bridgehead atoms. The van der Waals surface area contributed by atoms with Gasteiger partial charge in [0, 0.05) is 44.0 Å². The number of benzene rings is 2. The number of ether oxygens (including phenoxy) is 1. The van der Waals surface area contributed by atoms with E-state index in [0.717, 1.165) is 11.3 Å². The zero-order chi connectivity index (χ0) is 22.2. The standard InChI is InChI=1S/C23H29FN4O3/c1-17(2)31-21-6-4-3-5-18(21)15-25-23(30)28-13-11-27(12-14-28)16-22(29)26-20-9-7-19(24)8-10-20/h3-10,17H,11-16H2,1-2H3,(H,25,30)(H,26,29). The molecule has 2 aromatic carbocycles. The van der Waals surface area contributed by atoms with E-state index in [1.807, 2.05) is 43.0 Å². The maximum atomic E-state index is 13.0. The zero-order valence-corrected chi connectivity index (χ0v) is 17.9. The van der Waals surface area contributed by atoms with Gasteiger partial charge in [-0.25, -0.2) is 9.18 Å². The van der Waals surface area contributed by atoms with Crippen LogP contribution in [0.1, 0.15) is 19.4 Å². The normalized spacial score (nSPS) is 14.4. The van der Waals surface area contributed by atoms with Crippen LogP contribution < -0.4 is 15.4 Å². The Balaban J connectivity index is 1.41. The predicted molar refractivity (Wildman–Crippen MR) is 117 cm³/mol. The third-order valence-corrected chi connectivity index (χ3v) is 4.92. The third-order valence-electron chi connectivity index (χ3n) is 4.92. The van der Waals surface area contributed by atoms with Gasteiger partial charge >= 0.3 is 6.03 Å². The lowest BCUT2D eigenvalue weighted by atomic mass is 10.2. The smallest absolute Gasteiger partial charge is 0.317 e. The number of hydrogen-bond acceptors (Lipinski definition) is 4. The second-order valence-corrected chi connectivity index (χ2v) is 7.75. The minimum atomic E-state index is -0.344. The summed E-state index contributed by atoms with van der Waals surface area (Å²) in [5.41, 5.74) is 1.49. The molecule has 1 fully saturated rings. The van der Waals surface area contributed by atoms with Crippen molar-refractivity contribution in [1.82, 2.24) is 15.1 Å². The van der Waals surface area contributed by atoms with Crippen molar-refractivity contribution in [2.24, 2.45) is 0 Å². The first kappa shape index (κ1) is 22.6. The Hall–Kier alpha value is -3.13. The lowest BCUT2D eigenvalue weighted by Crippen LogP contribution is -2.52. The molecule has 0 aromatic heterocycles. The van der Waals surface area contributed by atoms with Gasteiger partial charge in [0.2, 0.25) is 5.91 Å². The van der Waals surface area contributed by atoms with Gasteiger partial charge in [-0.15, -0.1) is 0 Å². The lowest BCUT2D eigenvalue weighted by Gasteiger charge is -2.34. The average Bonchev–Trinajstić information content (AvgIpc) is 2.74. The van der Waals surface area contributed by atoms with Gasteiger partial charge in [-0.3, -0.25) is 9.69 Å². The highest BCUT2D eigenvalue weighted by Crippen LogP contribution is 2.19. The topological polar surface area (TPSA) is 73.9 Å². The number of anilines is 1. The molecular weight excluding hydrogens is 399 g/mol. The van der Waals surface area contributed by atoms with Crippen LogP contribution in [-0.2, 0) is 11.3 Å². The molecule has 31 heavy (non-hydrogen) atoms. The number of amides is 3. The molecule has 1 aliphatic heterocycles. The van der Waals surface area contributed by atoms with Crippen LogP contribution in [0.4, 0.5) is 14.9 Å². The fraction of sp³-hybridized carbons (Fsp3) is 0.391. The van der Waals surface area contributed by atoms with Crippen molar-refractivity contribution in [3.05, 3.63) is 59.9 Å². The molecule has 3 amide bonds. The van der Waals surface area contributed by atoms with Gasteiger partial charge < -0.3 is 20.3 Å². The molecule has 0 atom stereocenters. The van der Waals surface area contributed by atoms with Crippen molar-refractivity contribution >= 4 is 17.6 Å². The molecule has 8 heteroatoms. The van der Waals surface area contributed by atoms with Crippen molar-refractivity contribution in [1.29, 1.82) is 0 Å². The Morgan fingerprint density at radius 3 is 2.39 bits per heavy atom. The van der Waals surface area contributed by atoms with E-state index in [9.17, 15) is 14.0 Å². The van der Waals surface area contributed by atoms with Crippen LogP contribution in [0.15, 0.2) is 48.5 Å². The van der Waals surface area contributed by atoms with Crippen molar-refractivity contribution in [2.45, 2.75) is 26.5 Å².